The van der Waals surface area contributed by atoms with Crippen molar-refractivity contribution in [1.82, 2.24) is 0 Å². The van der Waals surface area contributed by atoms with Gasteiger partial charge in [-0.05, 0) is 19.1 Å². The SMILES string of the molecule is COc1cc(O)c2c(c1)OC(c1ccc(O)c(O)c1)C(O)(C(C)=O)C2=O. The maximum Gasteiger partial charge on any atom is 0.227 e. The van der Waals surface area contributed by atoms with Crippen LogP contribution in [-0.4, -0.2) is 44.7 Å². The molecule has 0 spiro atoms. The van der Waals surface area contributed by atoms with E-state index >= 15 is 0 Å². The average Bonchev–Trinajstić information content (AvgIpc) is 2.59. The summed E-state index contributed by atoms with van der Waals surface area (Å²) in [5.41, 5.74) is -2.88. The molecule has 0 bridgehead atoms. The average molecular weight is 360 g/mol. The molecule has 2 atom stereocenters. The molecule has 2 unspecified atom stereocenters. The molecule has 0 saturated heterocycles. The lowest BCUT2D eigenvalue weighted by atomic mass is 9.78. The summed E-state index contributed by atoms with van der Waals surface area (Å²) in [7, 11) is 1.35. The number of hydrogen-bond acceptors (Lipinski definition) is 8. The fourth-order valence-electron chi connectivity index (χ4n) is 2.89. The number of phenolic OH excluding ortho intramolecular Hbond substituents is 3. The van der Waals surface area contributed by atoms with E-state index in [0.717, 1.165) is 25.1 Å². The number of carbonyl (C=O) groups excluding carboxylic acids is 2. The van der Waals surface area contributed by atoms with Gasteiger partial charge in [0.05, 0.1) is 7.11 Å². The summed E-state index contributed by atoms with van der Waals surface area (Å²) >= 11 is 0. The van der Waals surface area contributed by atoms with Gasteiger partial charge in [-0.2, -0.15) is 0 Å². The predicted molar refractivity (Wildman–Crippen MR) is 87.8 cm³/mol. The zero-order chi connectivity index (χ0) is 19.2. The largest absolute Gasteiger partial charge is 0.507 e. The molecule has 8 heteroatoms. The first-order valence-corrected chi connectivity index (χ1v) is 7.57. The Bertz CT molecular complexity index is 920. The Labute approximate surface area is 147 Å². The standard InChI is InChI=1S/C18H16O8/c1-8(19)18(24)16(23)15-13(22)6-10(25-2)7-14(15)26-17(18)9-3-4-11(20)12(21)5-9/h3-7,17,20-22,24H,1-2H3. The number of phenols is 3. The maximum absolute atomic E-state index is 12.9. The van der Waals surface area contributed by atoms with Crippen molar-refractivity contribution in [3.05, 3.63) is 41.5 Å². The van der Waals surface area contributed by atoms with Crippen molar-refractivity contribution >= 4 is 11.6 Å². The van der Waals surface area contributed by atoms with E-state index in [2.05, 4.69) is 0 Å². The van der Waals surface area contributed by atoms with Gasteiger partial charge in [0.15, 0.2) is 23.4 Å². The van der Waals surface area contributed by atoms with Crippen molar-refractivity contribution in [1.29, 1.82) is 0 Å². The van der Waals surface area contributed by atoms with Gasteiger partial charge in [-0.3, -0.25) is 9.59 Å². The monoisotopic (exact) mass is 360 g/mol. The number of fused-ring (bicyclic) bond motifs is 1. The summed E-state index contributed by atoms with van der Waals surface area (Å²) in [6, 6.07) is 6.00. The minimum Gasteiger partial charge on any atom is -0.507 e. The number of methoxy groups -OCH3 is 1. The number of aromatic hydroxyl groups is 3. The van der Waals surface area contributed by atoms with Crippen LogP contribution in [0, 0.1) is 0 Å². The first-order valence-electron chi connectivity index (χ1n) is 7.57. The fraction of sp³-hybridized carbons (Fsp3) is 0.222. The van der Waals surface area contributed by atoms with E-state index in [0.29, 0.717) is 0 Å². The summed E-state index contributed by atoms with van der Waals surface area (Å²) in [5, 5.41) is 40.2. The van der Waals surface area contributed by atoms with E-state index in [1.807, 2.05) is 0 Å². The van der Waals surface area contributed by atoms with Crippen LogP contribution in [0.3, 0.4) is 0 Å². The lowest BCUT2D eigenvalue weighted by Gasteiger charge is -2.38. The Morgan fingerprint density at radius 1 is 1.12 bits per heavy atom. The molecule has 3 rings (SSSR count). The molecule has 0 fully saturated rings. The Morgan fingerprint density at radius 3 is 2.38 bits per heavy atom. The third-order valence-corrected chi connectivity index (χ3v) is 4.33. The van der Waals surface area contributed by atoms with E-state index in [-0.39, 0.29) is 22.6 Å². The second-order valence-electron chi connectivity index (χ2n) is 5.92. The topological polar surface area (TPSA) is 134 Å². The van der Waals surface area contributed by atoms with Gasteiger partial charge >= 0.3 is 0 Å². The number of ketones is 2. The Kier molecular flexibility index (Phi) is 4.00. The highest BCUT2D eigenvalue weighted by molar-refractivity contribution is 6.20. The molecule has 0 aromatic heterocycles. The second-order valence-corrected chi connectivity index (χ2v) is 5.92. The Balaban J connectivity index is 2.24. The lowest BCUT2D eigenvalue weighted by Crippen LogP contribution is -2.54. The highest BCUT2D eigenvalue weighted by Crippen LogP contribution is 2.47. The van der Waals surface area contributed by atoms with Crippen LogP contribution in [0.5, 0.6) is 28.7 Å². The molecule has 136 valence electrons. The highest BCUT2D eigenvalue weighted by atomic mass is 16.5. The van der Waals surface area contributed by atoms with Crippen molar-refractivity contribution in [2.24, 2.45) is 0 Å². The van der Waals surface area contributed by atoms with Gasteiger partial charge in [0, 0.05) is 17.7 Å². The summed E-state index contributed by atoms with van der Waals surface area (Å²) in [6.07, 6.45) is -1.50. The number of rotatable bonds is 3. The molecule has 26 heavy (non-hydrogen) atoms. The van der Waals surface area contributed by atoms with Gasteiger partial charge in [0.2, 0.25) is 11.4 Å². The molecule has 1 aliphatic heterocycles. The van der Waals surface area contributed by atoms with Gasteiger partial charge < -0.3 is 29.9 Å². The van der Waals surface area contributed by atoms with E-state index in [1.54, 1.807) is 0 Å². The Morgan fingerprint density at radius 2 is 1.81 bits per heavy atom. The molecule has 0 aliphatic carbocycles. The van der Waals surface area contributed by atoms with Crippen LogP contribution in [0.2, 0.25) is 0 Å². The van der Waals surface area contributed by atoms with Crippen molar-refractivity contribution in [2.75, 3.05) is 7.11 Å². The van der Waals surface area contributed by atoms with Crippen LogP contribution < -0.4 is 9.47 Å². The lowest BCUT2D eigenvalue weighted by molar-refractivity contribution is -0.140. The summed E-state index contributed by atoms with van der Waals surface area (Å²) in [5.74, 6) is -3.25. The molecule has 2 aromatic rings. The minimum atomic E-state index is -2.62. The minimum absolute atomic E-state index is 0.0827. The number of Topliss-reactive ketones (excluding diaryl/α,β-unsaturated/α-hetero) is 2. The number of ether oxygens (including phenoxy) is 2. The molecule has 1 aliphatic rings. The van der Waals surface area contributed by atoms with E-state index in [1.165, 1.54) is 19.2 Å². The van der Waals surface area contributed by atoms with Crippen LogP contribution in [-0.2, 0) is 4.79 Å². The first-order chi connectivity index (χ1) is 12.2. The van der Waals surface area contributed by atoms with Gasteiger partial charge in [0.1, 0.15) is 22.8 Å². The quantitative estimate of drug-likeness (QED) is 0.477. The van der Waals surface area contributed by atoms with E-state index < -0.39 is 40.5 Å². The molecule has 8 nitrogen and oxygen atoms in total. The normalized spacial score (nSPS) is 21.7. The van der Waals surface area contributed by atoms with Gasteiger partial charge in [-0.25, -0.2) is 0 Å². The van der Waals surface area contributed by atoms with E-state index in [9.17, 15) is 30.0 Å². The molecule has 0 saturated carbocycles. The van der Waals surface area contributed by atoms with Crippen LogP contribution in [0.1, 0.15) is 28.9 Å². The summed E-state index contributed by atoms with van der Waals surface area (Å²) in [4.78, 5) is 25.0. The Hall–Kier alpha value is -3.26. The predicted octanol–water partition coefficient (Wildman–Crippen LogP) is 1.45. The summed E-state index contributed by atoms with van der Waals surface area (Å²) < 4.78 is 10.7. The van der Waals surface area contributed by atoms with Crippen molar-refractivity contribution in [3.8, 4) is 28.7 Å². The molecule has 0 amide bonds. The van der Waals surface area contributed by atoms with Gasteiger partial charge in [-0.15, -0.1) is 0 Å². The van der Waals surface area contributed by atoms with Gasteiger partial charge in [0.25, 0.3) is 0 Å². The first kappa shape index (κ1) is 17.6. The highest BCUT2D eigenvalue weighted by Gasteiger charge is 2.56. The van der Waals surface area contributed by atoms with Crippen molar-refractivity contribution in [2.45, 2.75) is 18.6 Å². The zero-order valence-corrected chi connectivity index (χ0v) is 13.9. The smallest absolute Gasteiger partial charge is 0.227 e. The molecule has 0 radical (unpaired) electrons. The molecular formula is C18H16O8. The van der Waals surface area contributed by atoms with Crippen molar-refractivity contribution < 1.29 is 39.5 Å². The van der Waals surface area contributed by atoms with E-state index in [4.69, 9.17) is 9.47 Å². The fourth-order valence-corrected chi connectivity index (χ4v) is 2.89. The molecule has 1 heterocycles. The maximum atomic E-state index is 12.9. The summed E-state index contributed by atoms with van der Waals surface area (Å²) in [6.45, 7) is 1.01. The second kappa shape index (κ2) is 5.92. The van der Waals surface area contributed by atoms with Crippen molar-refractivity contribution in [3.63, 3.8) is 0 Å². The number of benzene rings is 2. The molecular weight excluding hydrogens is 344 g/mol. The van der Waals surface area contributed by atoms with Crippen LogP contribution in [0.25, 0.3) is 0 Å². The van der Waals surface area contributed by atoms with Crippen LogP contribution in [0.4, 0.5) is 0 Å². The molecule has 4 N–H and O–H groups in total. The third kappa shape index (κ3) is 2.42. The number of carbonyl (C=O) groups is 2. The number of aliphatic hydroxyl groups is 1. The third-order valence-electron chi connectivity index (χ3n) is 4.33. The van der Waals surface area contributed by atoms with Crippen LogP contribution >= 0.6 is 0 Å². The molecule has 2 aromatic carbocycles. The zero-order valence-electron chi connectivity index (χ0n) is 13.9. The number of hydrogen-bond donors (Lipinski definition) is 4. The van der Waals surface area contributed by atoms with Gasteiger partial charge in [-0.1, -0.05) is 6.07 Å². The van der Waals surface area contributed by atoms with Crippen LogP contribution in [0.15, 0.2) is 30.3 Å².